The molecule has 0 saturated carbocycles. The first kappa shape index (κ1) is 15.3. The molecule has 106 valence electrons. The Hall–Kier alpha value is -0.770. The van der Waals surface area contributed by atoms with E-state index in [2.05, 4.69) is 20.8 Å². The molecule has 0 radical (unpaired) electrons. The van der Waals surface area contributed by atoms with Crippen LogP contribution in [0, 0.1) is 5.92 Å². The van der Waals surface area contributed by atoms with Crippen LogP contribution in [0.25, 0.3) is 0 Å². The lowest BCUT2D eigenvalue weighted by molar-refractivity contribution is 0.0978. The van der Waals surface area contributed by atoms with Gasteiger partial charge in [-0.15, -0.1) is 0 Å². The quantitative estimate of drug-likeness (QED) is 0.757. The summed E-state index contributed by atoms with van der Waals surface area (Å²) in [6, 6.07) is 0.473. The lowest BCUT2D eigenvalue weighted by Gasteiger charge is -2.37. The number of methoxy groups -OCH3 is 1. The molecule has 2 amide bonds. The fourth-order valence-electron chi connectivity index (χ4n) is 2.30. The van der Waals surface area contributed by atoms with E-state index in [1.54, 1.807) is 7.11 Å². The van der Waals surface area contributed by atoms with Gasteiger partial charge in [-0.05, 0) is 32.1 Å². The molecule has 4 nitrogen and oxygen atoms in total. The van der Waals surface area contributed by atoms with E-state index in [9.17, 15) is 4.79 Å². The number of ether oxygens (including phenoxy) is 1. The molecule has 0 bridgehead atoms. The van der Waals surface area contributed by atoms with E-state index in [0.717, 1.165) is 38.3 Å². The molecule has 1 aliphatic rings. The number of carbonyl (C=O) groups is 1. The first-order chi connectivity index (χ1) is 8.60. The summed E-state index contributed by atoms with van der Waals surface area (Å²) in [5, 5.41) is 0. The third-order valence-corrected chi connectivity index (χ3v) is 3.96. The minimum Gasteiger partial charge on any atom is -0.383 e. The summed E-state index contributed by atoms with van der Waals surface area (Å²) in [5.74, 6) is 0.755. The van der Waals surface area contributed by atoms with E-state index in [-0.39, 0.29) is 12.1 Å². The van der Waals surface area contributed by atoms with Crippen molar-refractivity contribution in [3.8, 4) is 0 Å². The lowest BCUT2D eigenvalue weighted by Crippen LogP contribution is -2.50. The molecule has 0 N–H and O–H groups in total. The molecule has 4 heteroatoms. The Bertz CT molecular complexity index is 250. The molecule has 1 saturated heterocycles. The number of rotatable bonds is 5. The number of likely N-dealkylation sites (tertiary alicyclic amines) is 1. The third-order valence-electron chi connectivity index (χ3n) is 3.96. The minimum absolute atomic E-state index is 0.188. The molecule has 0 spiro atoms. The van der Waals surface area contributed by atoms with E-state index in [0.29, 0.717) is 13.2 Å². The highest BCUT2D eigenvalue weighted by atomic mass is 16.5. The maximum Gasteiger partial charge on any atom is 0.320 e. The predicted molar refractivity (Wildman–Crippen MR) is 73.7 cm³/mol. The van der Waals surface area contributed by atoms with Crippen molar-refractivity contribution < 1.29 is 9.53 Å². The van der Waals surface area contributed by atoms with Crippen LogP contribution in [0.4, 0.5) is 4.79 Å². The van der Waals surface area contributed by atoms with Gasteiger partial charge in [-0.3, -0.25) is 0 Å². The fourth-order valence-corrected chi connectivity index (χ4v) is 2.30. The van der Waals surface area contributed by atoms with Gasteiger partial charge in [-0.25, -0.2) is 4.79 Å². The van der Waals surface area contributed by atoms with E-state index in [4.69, 9.17) is 4.74 Å². The summed E-state index contributed by atoms with van der Waals surface area (Å²) < 4.78 is 5.11. The number of hydrogen-bond acceptors (Lipinski definition) is 2. The topological polar surface area (TPSA) is 32.8 Å². The Morgan fingerprint density at radius 2 is 2.06 bits per heavy atom. The normalized spacial score (nSPS) is 18.8. The number of carbonyl (C=O) groups excluding carboxylic acids is 1. The van der Waals surface area contributed by atoms with Crippen molar-refractivity contribution in [2.24, 2.45) is 5.92 Å². The van der Waals surface area contributed by atoms with Crippen LogP contribution in [-0.2, 0) is 4.74 Å². The van der Waals surface area contributed by atoms with Crippen molar-refractivity contribution in [2.45, 2.75) is 46.1 Å². The van der Waals surface area contributed by atoms with Crippen LogP contribution in [0.1, 0.15) is 40.0 Å². The molecular weight excluding hydrogens is 228 g/mol. The summed E-state index contributed by atoms with van der Waals surface area (Å²) in [4.78, 5) is 16.5. The second kappa shape index (κ2) is 7.62. The molecule has 1 atom stereocenters. The zero-order chi connectivity index (χ0) is 13.5. The summed E-state index contributed by atoms with van der Waals surface area (Å²) in [7, 11) is 1.68. The van der Waals surface area contributed by atoms with Crippen molar-refractivity contribution in [3.63, 3.8) is 0 Å². The number of nitrogens with zero attached hydrogens (tertiary/aromatic N) is 2. The molecule has 18 heavy (non-hydrogen) atoms. The molecule has 0 aromatic heterocycles. The predicted octanol–water partition coefficient (Wildman–Crippen LogP) is 2.59. The Labute approximate surface area is 111 Å². The second-order valence-electron chi connectivity index (χ2n) is 5.40. The summed E-state index contributed by atoms with van der Waals surface area (Å²) in [6.07, 6.45) is 3.24. The molecule has 1 rings (SSSR count). The Morgan fingerprint density at radius 1 is 1.44 bits per heavy atom. The Morgan fingerprint density at radius 3 is 2.56 bits per heavy atom. The average Bonchev–Trinajstić information content (AvgIpc) is 2.39. The van der Waals surface area contributed by atoms with Gasteiger partial charge in [-0.2, -0.15) is 0 Å². The Kier molecular flexibility index (Phi) is 6.47. The highest BCUT2D eigenvalue weighted by Gasteiger charge is 2.26. The van der Waals surface area contributed by atoms with Gasteiger partial charge in [-0.1, -0.05) is 13.8 Å². The smallest absolute Gasteiger partial charge is 0.320 e. The van der Waals surface area contributed by atoms with Gasteiger partial charge >= 0.3 is 6.03 Å². The molecule has 1 heterocycles. The average molecular weight is 256 g/mol. The van der Waals surface area contributed by atoms with Crippen molar-refractivity contribution in [3.05, 3.63) is 0 Å². The zero-order valence-corrected chi connectivity index (χ0v) is 12.3. The molecule has 0 aromatic rings. The maximum absolute atomic E-state index is 12.5. The third kappa shape index (κ3) is 4.16. The van der Waals surface area contributed by atoms with Crippen molar-refractivity contribution in [1.29, 1.82) is 0 Å². The van der Waals surface area contributed by atoms with Gasteiger partial charge < -0.3 is 14.5 Å². The van der Waals surface area contributed by atoms with Crippen molar-refractivity contribution >= 4 is 6.03 Å². The van der Waals surface area contributed by atoms with Crippen LogP contribution in [0.2, 0.25) is 0 Å². The highest BCUT2D eigenvalue weighted by molar-refractivity contribution is 5.74. The van der Waals surface area contributed by atoms with Crippen LogP contribution in [0.3, 0.4) is 0 Å². The van der Waals surface area contributed by atoms with Gasteiger partial charge in [0, 0.05) is 32.8 Å². The summed E-state index contributed by atoms with van der Waals surface area (Å²) in [5.41, 5.74) is 0. The van der Waals surface area contributed by atoms with Gasteiger partial charge in [0.25, 0.3) is 0 Å². The first-order valence-electron chi connectivity index (χ1n) is 7.14. The van der Waals surface area contributed by atoms with E-state index in [1.165, 1.54) is 0 Å². The van der Waals surface area contributed by atoms with Crippen molar-refractivity contribution in [1.82, 2.24) is 9.80 Å². The second-order valence-corrected chi connectivity index (χ2v) is 5.40. The maximum atomic E-state index is 12.5. The molecule has 0 aromatic carbocycles. The minimum atomic E-state index is 0.188. The van der Waals surface area contributed by atoms with Crippen LogP contribution in [0.5, 0.6) is 0 Å². The number of amides is 2. The number of hydrogen-bond donors (Lipinski definition) is 0. The lowest BCUT2D eigenvalue weighted by atomic mass is 9.99. The first-order valence-corrected chi connectivity index (χ1v) is 7.14. The highest BCUT2D eigenvalue weighted by Crippen LogP contribution is 2.18. The van der Waals surface area contributed by atoms with Gasteiger partial charge in [0.1, 0.15) is 0 Å². The molecule has 1 unspecified atom stereocenters. The van der Waals surface area contributed by atoms with Crippen molar-refractivity contribution in [2.75, 3.05) is 33.4 Å². The summed E-state index contributed by atoms with van der Waals surface area (Å²) >= 11 is 0. The standard InChI is InChI=1S/C14H28N2O2/c1-5-13(3)16(10-11-18-4)14(17)15-8-6-12(2)7-9-15/h12-13H,5-11H2,1-4H3. The van der Waals surface area contributed by atoms with Crippen LogP contribution in [-0.4, -0.2) is 55.2 Å². The van der Waals surface area contributed by atoms with Crippen LogP contribution < -0.4 is 0 Å². The largest absolute Gasteiger partial charge is 0.383 e. The van der Waals surface area contributed by atoms with Gasteiger partial charge in [0.05, 0.1) is 6.61 Å². The number of urea groups is 1. The van der Waals surface area contributed by atoms with E-state index < -0.39 is 0 Å². The molecular formula is C14H28N2O2. The van der Waals surface area contributed by atoms with E-state index >= 15 is 0 Å². The van der Waals surface area contributed by atoms with Gasteiger partial charge in [0.15, 0.2) is 0 Å². The molecule has 1 fully saturated rings. The molecule has 0 aliphatic carbocycles. The van der Waals surface area contributed by atoms with Gasteiger partial charge in [0.2, 0.25) is 0 Å². The fraction of sp³-hybridized carbons (Fsp3) is 0.929. The SMILES string of the molecule is CCC(C)N(CCOC)C(=O)N1CCC(C)CC1. The van der Waals surface area contributed by atoms with E-state index in [1.807, 2.05) is 9.80 Å². The molecule has 1 aliphatic heterocycles. The summed E-state index contributed by atoms with van der Waals surface area (Å²) in [6.45, 7) is 9.60. The monoisotopic (exact) mass is 256 g/mol. The van der Waals surface area contributed by atoms with Crippen LogP contribution in [0.15, 0.2) is 0 Å². The number of piperidine rings is 1. The Balaban J connectivity index is 2.57. The van der Waals surface area contributed by atoms with Crippen LogP contribution >= 0.6 is 0 Å². The zero-order valence-electron chi connectivity index (χ0n) is 12.3.